The molecule has 0 aliphatic carbocycles. The van der Waals surface area contributed by atoms with E-state index in [0.717, 1.165) is 12.8 Å². The molecule has 0 amide bonds. The molecule has 108 valence electrons. The molecule has 20 heavy (non-hydrogen) atoms. The normalized spacial score (nSPS) is 11.5. The number of aromatic nitrogens is 1. The molecule has 2 rings (SSSR count). The maximum atomic E-state index is 10.1. The monoisotopic (exact) mass is 275 g/mol. The fourth-order valence-corrected chi connectivity index (χ4v) is 1.66. The van der Waals surface area contributed by atoms with Gasteiger partial charge in [0, 0.05) is 12.4 Å². The van der Waals surface area contributed by atoms with Crippen LogP contribution in [-0.2, 0) is 4.79 Å². The number of carbonyl (C=O) groups is 1. The van der Waals surface area contributed by atoms with Crippen molar-refractivity contribution in [3.8, 4) is 0 Å². The van der Waals surface area contributed by atoms with Gasteiger partial charge in [-0.2, -0.15) is 0 Å². The molecule has 5 N–H and O–H groups in total. The molecule has 5 heteroatoms. The third-order valence-electron chi connectivity index (χ3n) is 2.84. The second kappa shape index (κ2) is 9.01. The topological polar surface area (TPSA) is 102 Å². The number of pyridine rings is 1. The van der Waals surface area contributed by atoms with E-state index in [2.05, 4.69) is 17.1 Å². The van der Waals surface area contributed by atoms with Gasteiger partial charge in [-0.15, -0.1) is 0 Å². The van der Waals surface area contributed by atoms with Crippen LogP contribution in [0, 0.1) is 0 Å². The highest BCUT2D eigenvalue weighted by Crippen LogP contribution is 2.09. The van der Waals surface area contributed by atoms with Crippen LogP contribution in [0.3, 0.4) is 0 Å². The molecule has 2 aromatic rings. The summed E-state index contributed by atoms with van der Waals surface area (Å²) in [5.41, 5.74) is 10.4. The highest BCUT2D eigenvalue weighted by molar-refractivity contribution is 5.80. The minimum absolute atomic E-state index is 0.520. The molecule has 0 bridgehead atoms. The van der Waals surface area contributed by atoms with Crippen LogP contribution in [0.25, 0.3) is 10.8 Å². The van der Waals surface area contributed by atoms with E-state index < -0.39 is 12.0 Å². The van der Waals surface area contributed by atoms with E-state index in [1.807, 2.05) is 30.6 Å². The molecule has 1 aromatic carbocycles. The van der Waals surface area contributed by atoms with Crippen molar-refractivity contribution in [3.05, 3.63) is 42.7 Å². The number of nitrogens with two attached hydrogens (primary N) is 2. The first-order valence-corrected chi connectivity index (χ1v) is 6.62. The SMILES string of the molecule is NCCCC[C@H](N)C(=O)O.c1ccc2cnccc2c1. The number of nitrogens with zero attached hydrogens (tertiary/aromatic N) is 1. The zero-order valence-corrected chi connectivity index (χ0v) is 11.4. The van der Waals surface area contributed by atoms with Crippen LogP contribution in [-0.4, -0.2) is 28.6 Å². The number of hydrogen-bond acceptors (Lipinski definition) is 4. The number of aliphatic carboxylic acids is 1. The van der Waals surface area contributed by atoms with Gasteiger partial charge in [0.1, 0.15) is 6.04 Å². The first kappa shape index (κ1) is 16.1. The van der Waals surface area contributed by atoms with Gasteiger partial charge in [0.2, 0.25) is 0 Å². The number of fused-ring (bicyclic) bond motifs is 1. The van der Waals surface area contributed by atoms with Gasteiger partial charge in [0.05, 0.1) is 0 Å². The minimum Gasteiger partial charge on any atom is -0.480 e. The van der Waals surface area contributed by atoms with Gasteiger partial charge in [0.25, 0.3) is 0 Å². The molecule has 0 aliphatic heterocycles. The molecule has 1 heterocycles. The van der Waals surface area contributed by atoms with E-state index in [-0.39, 0.29) is 0 Å². The molecule has 1 atom stereocenters. The van der Waals surface area contributed by atoms with Gasteiger partial charge in [-0.3, -0.25) is 9.78 Å². The van der Waals surface area contributed by atoms with Crippen LogP contribution >= 0.6 is 0 Å². The first-order valence-electron chi connectivity index (χ1n) is 6.62. The summed E-state index contributed by atoms with van der Waals surface area (Å²) in [7, 11) is 0. The summed E-state index contributed by atoms with van der Waals surface area (Å²) in [6.07, 6.45) is 5.84. The fraction of sp³-hybridized carbons (Fsp3) is 0.333. The Bertz CT molecular complexity index is 466. The summed E-state index contributed by atoms with van der Waals surface area (Å²) in [4.78, 5) is 14.2. The molecule has 0 saturated carbocycles. The van der Waals surface area contributed by atoms with Gasteiger partial charge >= 0.3 is 5.97 Å². The summed E-state index contributed by atoms with van der Waals surface area (Å²) in [5.74, 6) is -0.933. The highest BCUT2D eigenvalue weighted by atomic mass is 16.4. The van der Waals surface area contributed by atoms with Crippen LogP contribution in [0.1, 0.15) is 19.3 Å². The van der Waals surface area contributed by atoms with E-state index in [4.69, 9.17) is 16.6 Å². The lowest BCUT2D eigenvalue weighted by atomic mass is 10.1. The minimum atomic E-state index is -0.933. The molecule has 0 saturated heterocycles. The van der Waals surface area contributed by atoms with Crippen molar-refractivity contribution in [2.24, 2.45) is 11.5 Å². The Morgan fingerprint density at radius 2 is 1.90 bits per heavy atom. The summed E-state index contributed by atoms with van der Waals surface area (Å²) in [5, 5.41) is 10.8. The maximum absolute atomic E-state index is 10.1. The molecular weight excluding hydrogens is 254 g/mol. The number of carboxylic acid groups (broad SMARTS) is 1. The van der Waals surface area contributed by atoms with Crippen LogP contribution in [0.4, 0.5) is 0 Å². The van der Waals surface area contributed by atoms with Crippen molar-refractivity contribution in [2.45, 2.75) is 25.3 Å². The molecule has 5 nitrogen and oxygen atoms in total. The van der Waals surface area contributed by atoms with Crippen molar-refractivity contribution in [1.29, 1.82) is 0 Å². The zero-order valence-electron chi connectivity index (χ0n) is 11.4. The van der Waals surface area contributed by atoms with Crippen LogP contribution in [0.5, 0.6) is 0 Å². The van der Waals surface area contributed by atoms with Crippen molar-refractivity contribution >= 4 is 16.7 Å². The van der Waals surface area contributed by atoms with Crippen molar-refractivity contribution < 1.29 is 9.90 Å². The van der Waals surface area contributed by atoms with Gasteiger partial charge in [0.15, 0.2) is 0 Å². The molecular formula is C15H21N3O2. The first-order chi connectivity index (χ1) is 9.65. The number of hydrogen-bond donors (Lipinski definition) is 3. The zero-order chi connectivity index (χ0) is 14.8. The number of benzene rings is 1. The summed E-state index contributed by atoms with van der Waals surface area (Å²) in [6, 6.07) is 9.48. The Hall–Kier alpha value is -1.98. The number of unbranched alkanes of at least 4 members (excludes halogenated alkanes) is 1. The molecule has 0 spiro atoms. The Kier molecular flexibility index (Phi) is 7.24. The van der Waals surface area contributed by atoms with Crippen LogP contribution < -0.4 is 11.5 Å². The van der Waals surface area contributed by atoms with E-state index in [1.54, 1.807) is 0 Å². The van der Waals surface area contributed by atoms with Crippen LogP contribution in [0.15, 0.2) is 42.7 Å². The molecule has 0 fully saturated rings. The number of carboxylic acids is 1. The van der Waals surface area contributed by atoms with Gasteiger partial charge in [-0.1, -0.05) is 30.7 Å². The van der Waals surface area contributed by atoms with Crippen molar-refractivity contribution in [2.75, 3.05) is 6.54 Å². The van der Waals surface area contributed by atoms with Gasteiger partial charge < -0.3 is 16.6 Å². The van der Waals surface area contributed by atoms with Crippen LogP contribution in [0.2, 0.25) is 0 Å². The molecule has 0 unspecified atom stereocenters. The standard InChI is InChI=1S/C9H7N.C6H14N2O2/c1-2-4-9-7-10-6-5-8(9)3-1;7-4-2-1-3-5(8)6(9)10/h1-7H;5H,1-4,7-8H2,(H,9,10)/t;5-/m.0/s1. The Morgan fingerprint density at radius 1 is 1.20 bits per heavy atom. The predicted molar refractivity (Wildman–Crippen MR) is 80.3 cm³/mol. The lowest BCUT2D eigenvalue weighted by molar-refractivity contribution is -0.138. The van der Waals surface area contributed by atoms with E-state index in [1.165, 1.54) is 10.8 Å². The summed E-state index contributed by atoms with van der Waals surface area (Å²) < 4.78 is 0. The lowest BCUT2D eigenvalue weighted by Crippen LogP contribution is -2.29. The second-order valence-corrected chi connectivity index (χ2v) is 4.45. The molecule has 0 aliphatic rings. The highest BCUT2D eigenvalue weighted by Gasteiger charge is 2.09. The summed E-state index contributed by atoms with van der Waals surface area (Å²) >= 11 is 0. The quantitative estimate of drug-likeness (QED) is 0.722. The average molecular weight is 275 g/mol. The van der Waals surface area contributed by atoms with Gasteiger partial charge in [-0.25, -0.2) is 0 Å². The van der Waals surface area contributed by atoms with Gasteiger partial charge in [-0.05, 0) is 36.2 Å². The third kappa shape index (κ3) is 5.77. The van der Waals surface area contributed by atoms with E-state index >= 15 is 0 Å². The maximum Gasteiger partial charge on any atom is 0.320 e. The predicted octanol–water partition coefficient (Wildman–Crippen LogP) is 1.76. The van der Waals surface area contributed by atoms with Crippen molar-refractivity contribution in [3.63, 3.8) is 0 Å². The average Bonchev–Trinajstić information content (AvgIpc) is 2.48. The fourth-order valence-electron chi connectivity index (χ4n) is 1.66. The Labute approximate surface area is 118 Å². The molecule has 0 radical (unpaired) electrons. The third-order valence-corrected chi connectivity index (χ3v) is 2.84. The largest absolute Gasteiger partial charge is 0.480 e. The Morgan fingerprint density at radius 3 is 2.50 bits per heavy atom. The lowest BCUT2D eigenvalue weighted by Gasteiger charge is -2.03. The van der Waals surface area contributed by atoms with Crippen molar-refractivity contribution in [1.82, 2.24) is 4.98 Å². The summed E-state index contributed by atoms with van der Waals surface area (Å²) in [6.45, 7) is 0.604. The van der Waals surface area contributed by atoms with E-state index in [9.17, 15) is 4.79 Å². The molecule has 1 aromatic heterocycles. The smallest absolute Gasteiger partial charge is 0.320 e. The number of rotatable bonds is 5. The van der Waals surface area contributed by atoms with E-state index in [0.29, 0.717) is 13.0 Å². The second-order valence-electron chi connectivity index (χ2n) is 4.45. The Balaban J connectivity index is 0.000000200.